The molecule has 1 aromatic carbocycles. The van der Waals surface area contributed by atoms with Gasteiger partial charge in [0.2, 0.25) is 0 Å². The van der Waals surface area contributed by atoms with Crippen LogP contribution in [0.1, 0.15) is 32.9 Å². The molecule has 0 atom stereocenters. The highest BCUT2D eigenvalue weighted by Crippen LogP contribution is 2.21. The Bertz CT molecular complexity index is 659. The summed E-state index contributed by atoms with van der Waals surface area (Å²) >= 11 is 0. The molecule has 1 N–H and O–H groups in total. The van der Waals surface area contributed by atoms with Crippen LogP contribution in [0.3, 0.4) is 0 Å². The third kappa shape index (κ3) is 2.52. The molecule has 1 aromatic heterocycles. The number of rotatable bonds is 4. The number of methoxy groups -OCH3 is 1. The zero-order chi connectivity index (χ0) is 14.9. The van der Waals surface area contributed by atoms with Crippen molar-refractivity contribution >= 4 is 5.97 Å². The van der Waals surface area contributed by atoms with Crippen molar-refractivity contribution in [2.24, 2.45) is 0 Å². The molecule has 1 heterocycles. The Labute approximate surface area is 117 Å². The maximum absolute atomic E-state index is 11.2. The minimum absolute atomic E-state index is 0.170. The van der Waals surface area contributed by atoms with Crippen LogP contribution in [-0.2, 0) is 6.54 Å². The van der Waals surface area contributed by atoms with Gasteiger partial charge in [-0.3, -0.25) is 4.68 Å². The molecule has 20 heavy (non-hydrogen) atoms. The summed E-state index contributed by atoms with van der Waals surface area (Å²) in [7, 11) is 1.46. The van der Waals surface area contributed by atoms with Crippen molar-refractivity contribution < 1.29 is 14.6 Å². The van der Waals surface area contributed by atoms with E-state index in [1.807, 2.05) is 31.5 Å². The first kappa shape index (κ1) is 14.1. The lowest BCUT2D eigenvalue weighted by Crippen LogP contribution is -2.07. The van der Waals surface area contributed by atoms with E-state index in [1.54, 1.807) is 12.1 Å². The Morgan fingerprint density at radius 2 is 2.05 bits per heavy atom. The Morgan fingerprint density at radius 3 is 2.55 bits per heavy atom. The molecule has 5 nitrogen and oxygen atoms in total. The van der Waals surface area contributed by atoms with Crippen LogP contribution >= 0.6 is 0 Å². The summed E-state index contributed by atoms with van der Waals surface area (Å²) in [5.41, 5.74) is 4.30. The van der Waals surface area contributed by atoms with Crippen LogP contribution in [0.2, 0.25) is 0 Å². The van der Waals surface area contributed by atoms with E-state index in [4.69, 9.17) is 4.74 Å². The monoisotopic (exact) mass is 274 g/mol. The van der Waals surface area contributed by atoms with E-state index >= 15 is 0 Å². The Morgan fingerprint density at radius 1 is 1.35 bits per heavy atom. The number of carboxylic acid groups (broad SMARTS) is 1. The van der Waals surface area contributed by atoms with Crippen LogP contribution in [0, 0.1) is 20.8 Å². The zero-order valence-electron chi connectivity index (χ0n) is 12.1. The minimum atomic E-state index is -0.992. The fourth-order valence-electron chi connectivity index (χ4n) is 2.13. The molecule has 2 rings (SSSR count). The maximum Gasteiger partial charge on any atom is 0.339 e. The number of benzene rings is 1. The standard InChI is InChI=1S/C15H18N2O3/c1-9-10(2)16-17(11(9)3)8-12-5-6-14(20-4)13(7-12)15(18)19/h5-7H,8H2,1-4H3,(H,18,19). The number of hydrogen-bond acceptors (Lipinski definition) is 3. The van der Waals surface area contributed by atoms with E-state index < -0.39 is 5.97 Å². The lowest BCUT2D eigenvalue weighted by atomic mass is 10.1. The summed E-state index contributed by atoms with van der Waals surface area (Å²) in [6, 6.07) is 5.17. The van der Waals surface area contributed by atoms with Crippen molar-refractivity contribution in [3.63, 3.8) is 0 Å². The lowest BCUT2D eigenvalue weighted by molar-refractivity contribution is 0.0693. The van der Waals surface area contributed by atoms with Crippen LogP contribution in [-0.4, -0.2) is 28.0 Å². The number of ether oxygens (including phenoxy) is 1. The summed E-state index contributed by atoms with van der Waals surface area (Å²) in [6.45, 7) is 6.56. The molecule has 0 amide bonds. The molecule has 0 saturated carbocycles. The molecule has 0 aliphatic carbocycles. The highest BCUT2D eigenvalue weighted by atomic mass is 16.5. The highest BCUT2D eigenvalue weighted by molar-refractivity contribution is 5.91. The Hall–Kier alpha value is -2.30. The largest absolute Gasteiger partial charge is 0.496 e. The van der Waals surface area contributed by atoms with Crippen molar-refractivity contribution in [1.82, 2.24) is 9.78 Å². The number of aryl methyl sites for hydroxylation is 1. The second kappa shape index (κ2) is 5.36. The predicted octanol–water partition coefficient (Wildman–Crippen LogP) is 2.56. The summed E-state index contributed by atoms with van der Waals surface area (Å²) in [4.78, 5) is 11.2. The summed E-state index contributed by atoms with van der Waals surface area (Å²) < 4.78 is 6.94. The highest BCUT2D eigenvalue weighted by Gasteiger charge is 2.13. The minimum Gasteiger partial charge on any atom is -0.496 e. The van der Waals surface area contributed by atoms with Gasteiger partial charge in [-0.25, -0.2) is 4.79 Å². The average molecular weight is 274 g/mol. The van der Waals surface area contributed by atoms with Crippen molar-refractivity contribution in [2.75, 3.05) is 7.11 Å². The molecule has 0 bridgehead atoms. The first-order chi connectivity index (χ1) is 9.43. The topological polar surface area (TPSA) is 64.4 Å². The van der Waals surface area contributed by atoms with E-state index in [0.717, 1.165) is 22.5 Å². The zero-order valence-corrected chi connectivity index (χ0v) is 12.1. The van der Waals surface area contributed by atoms with E-state index in [1.165, 1.54) is 7.11 Å². The quantitative estimate of drug-likeness (QED) is 0.930. The molecule has 0 fully saturated rings. The fraction of sp³-hybridized carbons (Fsp3) is 0.333. The second-order valence-electron chi connectivity index (χ2n) is 4.79. The summed E-state index contributed by atoms with van der Waals surface area (Å²) in [5.74, 6) is -0.626. The molecule has 106 valence electrons. The number of nitrogens with zero attached hydrogens (tertiary/aromatic N) is 2. The van der Waals surface area contributed by atoms with Gasteiger partial charge in [0.1, 0.15) is 11.3 Å². The van der Waals surface area contributed by atoms with Gasteiger partial charge < -0.3 is 9.84 Å². The lowest BCUT2D eigenvalue weighted by Gasteiger charge is -2.09. The normalized spacial score (nSPS) is 10.6. The van der Waals surface area contributed by atoms with Gasteiger partial charge in [0.05, 0.1) is 19.3 Å². The van der Waals surface area contributed by atoms with E-state index in [-0.39, 0.29) is 5.56 Å². The van der Waals surface area contributed by atoms with Crippen molar-refractivity contribution in [1.29, 1.82) is 0 Å². The fourth-order valence-corrected chi connectivity index (χ4v) is 2.13. The van der Waals surface area contributed by atoms with Gasteiger partial charge >= 0.3 is 5.97 Å². The van der Waals surface area contributed by atoms with Gasteiger partial charge in [0.15, 0.2) is 0 Å². The molecule has 0 aliphatic rings. The van der Waals surface area contributed by atoms with E-state index in [0.29, 0.717) is 12.3 Å². The molecule has 0 radical (unpaired) electrons. The second-order valence-corrected chi connectivity index (χ2v) is 4.79. The molecule has 0 aliphatic heterocycles. The van der Waals surface area contributed by atoms with E-state index in [9.17, 15) is 9.90 Å². The summed E-state index contributed by atoms with van der Waals surface area (Å²) in [6.07, 6.45) is 0. The van der Waals surface area contributed by atoms with Gasteiger partial charge in [-0.2, -0.15) is 5.10 Å². The maximum atomic E-state index is 11.2. The molecule has 5 heteroatoms. The SMILES string of the molecule is COc1ccc(Cn2nc(C)c(C)c2C)cc1C(=O)O. The summed E-state index contributed by atoms with van der Waals surface area (Å²) in [5, 5.41) is 13.6. The van der Waals surface area contributed by atoms with Crippen molar-refractivity contribution in [3.05, 3.63) is 46.3 Å². The third-order valence-electron chi connectivity index (χ3n) is 3.57. The Kier molecular flexibility index (Phi) is 3.79. The average Bonchev–Trinajstić information content (AvgIpc) is 2.66. The number of aromatic nitrogens is 2. The van der Waals surface area contributed by atoms with Crippen LogP contribution in [0.5, 0.6) is 5.75 Å². The molecule has 0 saturated heterocycles. The third-order valence-corrected chi connectivity index (χ3v) is 3.57. The van der Waals surface area contributed by atoms with Gasteiger partial charge in [-0.15, -0.1) is 0 Å². The Balaban J connectivity index is 2.36. The van der Waals surface area contributed by atoms with Crippen LogP contribution in [0.25, 0.3) is 0 Å². The van der Waals surface area contributed by atoms with Crippen LogP contribution in [0.4, 0.5) is 0 Å². The van der Waals surface area contributed by atoms with Crippen molar-refractivity contribution in [2.45, 2.75) is 27.3 Å². The van der Waals surface area contributed by atoms with Gasteiger partial charge in [0.25, 0.3) is 0 Å². The van der Waals surface area contributed by atoms with Gasteiger partial charge in [-0.1, -0.05) is 6.07 Å². The van der Waals surface area contributed by atoms with Crippen LogP contribution in [0.15, 0.2) is 18.2 Å². The van der Waals surface area contributed by atoms with E-state index in [2.05, 4.69) is 5.10 Å². The molecule has 0 unspecified atom stereocenters. The number of carboxylic acids is 1. The van der Waals surface area contributed by atoms with Crippen molar-refractivity contribution in [3.8, 4) is 5.75 Å². The first-order valence-corrected chi connectivity index (χ1v) is 6.35. The molecule has 2 aromatic rings. The predicted molar refractivity (Wildman–Crippen MR) is 75.5 cm³/mol. The van der Waals surface area contributed by atoms with Gasteiger partial charge in [-0.05, 0) is 44.0 Å². The number of carbonyl (C=O) groups is 1. The van der Waals surface area contributed by atoms with Crippen LogP contribution < -0.4 is 4.74 Å². The first-order valence-electron chi connectivity index (χ1n) is 6.35. The molecular formula is C15H18N2O3. The molecular weight excluding hydrogens is 256 g/mol. The smallest absolute Gasteiger partial charge is 0.339 e. The molecule has 0 spiro atoms. The van der Waals surface area contributed by atoms with Gasteiger partial charge in [0, 0.05) is 5.69 Å². The number of hydrogen-bond donors (Lipinski definition) is 1. The number of aromatic carboxylic acids is 1.